The van der Waals surface area contributed by atoms with Crippen molar-refractivity contribution in [2.75, 3.05) is 0 Å². The number of benzene rings is 1. The van der Waals surface area contributed by atoms with Crippen LogP contribution in [0.1, 0.15) is 11.3 Å². The zero-order valence-corrected chi connectivity index (χ0v) is 10.4. The van der Waals surface area contributed by atoms with Gasteiger partial charge in [-0.15, -0.1) is 0 Å². The lowest BCUT2D eigenvalue weighted by Crippen LogP contribution is -2.12. The lowest BCUT2D eigenvalue weighted by Gasteiger charge is -1.97. The fourth-order valence-electron chi connectivity index (χ4n) is 1.60. The summed E-state index contributed by atoms with van der Waals surface area (Å²) in [5.41, 5.74) is 7.02. The van der Waals surface area contributed by atoms with Gasteiger partial charge in [-0.1, -0.05) is 29.8 Å². The molecule has 0 bridgehead atoms. The molecule has 0 aliphatic rings. The highest BCUT2D eigenvalue weighted by Gasteiger charge is 2.07. The van der Waals surface area contributed by atoms with Gasteiger partial charge in [-0.25, -0.2) is 0 Å². The van der Waals surface area contributed by atoms with Crippen LogP contribution in [0.4, 0.5) is 0 Å². The van der Waals surface area contributed by atoms with Crippen molar-refractivity contribution >= 4 is 12.0 Å². The molecule has 1 aromatic heterocycles. The Kier molecular flexibility index (Phi) is 3.48. The predicted molar refractivity (Wildman–Crippen MR) is 71.7 cm³/mol. The van der Waals surface area contributed by atoms with E-state index >= 15 is 0 Å². The zero-order valence-electron chi connectivity index (χ0n) is 10.4. The molecule has 94 valence electrons. The Hall–Kier alpha value is -2.80. The first kappa shape index (κ1) is 12.7. The predicted octanol–water partition coefficient (Wildman–Crippen LogP) is 2.65. The van der Waals surface area contributed by atoms with E-state index in [2.05, 4.69) is 0 Å². The van der Waals surface area contributed by atoms with Crippen LogP contribution < -0.4 is 5.73 Å². The zero-order chi connectivity index (χ0) is 13.8. The number of hydrogen-bond donors (Lipinski definition) is 1. The van der Waals surface area contributed by atoms with E-state index in [4.69, 9.17) is 15.4 Å². The average Bonchev–Trinajstić information content (AvgIpc) is 2.85. The molecule has 4 heteroatoms. The number of nitriles is 1. The molecule has 2 N–H and O–H groups in total. The number of carbonyl (C=O) groups excluding carboxylic acids is 1. The van der Waals surface area contributed by atoms with E-state index in [-0.39, 0.29) is 5.57 Å². The minimum Gasteiger partial charge on any atom is -0.457 e. The third kappa shape index (κ3) is 2.90. The average molecular weight is 252 g/mol. The summed E-state index contributed by atoms with van der Waals surface area (Å²) in [5.74, 6) is 0.328. The minimum atomic E-state index is -0.768. The largest absolute Gasteiger partial charge is 0.457 e. The van der Waals surface area contributed by atoms with Crippen LogP contribution in [0.15, 0.2) is 46.4 Å². The highest BCUT2D eigenvalue weighted by Crippen LogP contribution is 2.23. The molecule has 0 saturated carbocycles. The van der Waals surface area contributed by atoms with Crippen LogP contribution in [-0.4, -0.2) is 5.91 Å². The molecule has 2 aromatic rings. The minimum absolute atomic E-state index is 0.134. The normalized spacial score (nSPS) is 11.1. The van der Waals surface area contributed by atoms with E-state index in [9.17, 15) is 4.79 Å². The van der Waals surface area contributed by atoms with Crippen molar-refractivity contribution in [3.8, 4) is 17.4 Å². The Bertz CT molecular complexity index is 673. The van der Waals surface area contributed by atoms with Gasteiger partial charge in [-0.3, -0.25) is 4.79 Å². The first-order valence-corrected chi connectivity index (χ1v) is 5.68. The van der Waals surface area contributed by atoms with Gasteiger partial charge >= 0.3 is 0 Å². The smallest absolute Gasteiger partial charge is 0.259 e. The Labute approximate surface area is 110 Å². The molecule has 0 aliphatic carbocycles. The number of aryl methyl sites for hydroxylation is 1. The van der Waals surface area contributed by atoms with Crippen LogP contribution >= 0.6 is 0 Å². The van der Waals surface area contributed by atoms with Crippen molar-refractivity contribution in [3.63, 3.8) is 0 Å². The molecule has 0 fully saturated rings. The fraction of sp³-hybridized carbons (Fsp3) is 0.0667. The molecule has 0 aliphatic heterocycles. The van der Waals surface area contributed by atoms with Gasteiger partial charge in [0.25, 0.3) is 5.91 Å². The first-order chi connectivity index (χ1) is 9.10. The monoisotopic (exact) mass is 252 g/mol. The summed E-state index contributed by atoms with van der Waals surface area (Å²) in [5, 5.41) is 8.75. The molecule has 4 nitrogen and oxygen atoms in total. The van der Waals surface area contributed by atoms with Crippen LogP contribution in [0.2, 0.25) is 0 Å². The summed E-state index contributed by atoms with van der Waals surface area (Å²) >= 11 is 0. The molecule has 0 saturated heterocycles. The lowest BCUT2D eigenvalue weighted by atomic mass is 10.1. The number of primary amides is 1. The second-order valence-electron chi connectivity index (χ2n) is 4.10. The SMILES string of the molecule is Cc1ccc(-c2ccc(/C=C(\C#N)C(N)=O)o2)cc1. The van der Waals surface area contributed by atoms with E-state index in [1.54, 1.807) is 18.2 Å². The number of nitrogens with two attached hydrogens (primary N) is 1. The molecule has 1 amide bonds. The maximum absolute atomic E-state index is 10.9. The summed E-state index contributed by atoms with van der Waals surface area (Å²) in [7, 11) is 0. The second kappa shape index (κ2) is 5.23. The fourth-order valence-corrected chi connectivity index (χ4v) is 1.60. The highest BCUT2D eigenvalue weighted by atomic mass is 16.3. The molecule has 1 heterocycles. The summed E-state index contributed by atoms with van der Waals surface area (Å²) in [4.78, 5) is 10.9. The number of carbonyl (C=O) groups is 1. The van der Waals surface area contributed by atoms with E-state index < -0.39 is 5.91 Å². The van der Waals surface area contributed by atoms with Crippen LogP contribution in [0.5, 0.6) is 0 Å². The van der Waals surface area contributed by atoms with E-state index in [1.165, 1.54) is 6.08 Å². The van der Waals surface area contributed by atoms with Gasteiger partial charge in [-0.2, -0.15) is 5.26 Å². The van der Waals surface area contributed by atoms with Crippen molar-refractivity contribution in [2.24, 2.45) is 5.73 Å². The number of hydrogen-bond acceptors (Lipinski definition) is 3. The molecular formula is C15H12N2O2. The molecule has 1 aromatic carbocycles. The molecule has 0 atom stereocenters. The lowest BCUT2D eigenvalue weighted by molar-refractivity contribution is -0.114. The van der Waals surface area contributed by atoms with Crippen LogP contribution in [-0.2, 0) is 4.79 Å². The Morgan fingerprint density at radius 1 is 1.26 bits per heavy atom. The quantitative estimate of drug-likeness (QED) is 0.673. The highest BCUT2D eigenvalue weighted by molar-refractivity contribution is 6.00. The van der Waals surface area contributed by atoms with Crippen molar-refractivity contribution in [1.82, 2.24) is 0 Å². The van der Waals surface area contributed by atoms with Gasteiger partial charge in [0, 0.05) is 11.6 Å². The van der Waals surface area contributed by atoms with Crippen LogP contribution in [0, 0.1) is 18.3 Å². The Morgan fingerprint density at radius 2 is 1.95 bits per heavy atom. The Balaban J connectivity index is 2.32. The molecule has 0 unspecified atom stereocenters. The van der Waals surface area contributed by atoms with Crippen molar-refractivity contribution in [3.05, 3.63) is 53.3 Å². The summed E-state index contributed by atoms with van der Waals surface area (Å²) in [6.45, 7) is 2.01. The Morgan fingerprint density at radius 3 is 2.53 bits per heavy atom. The molecule has 0 spiro atoms. The van der Waals surface area contributed by atoms with Gasteiger partial charge in [0.1, 0.15) is 23.2 Å². The van der Waals surface area contributed by atoms with Gasteiger partial charge < -0.3 is 10.2 Å². The van der Waals surface area contributed by atoms with Gasteiger partial charge in [-0.05, 0) is 19.1 Å². The van der Waals surface area contributed by atoms with E-state index in [0.717, 1.165) is 11.1 Å². The van der Waals surface area contributed by atoms with Crippen LogP contribution in [0.25, 0.3) is 17.4 Å². The number of amides is 1. The summed E-state index contributed by atoms with van der Waals surface area (Å²) < 4.78 is 5.56. The van der Waals surface area contributed by atoms with Crippen molar-refractivity contribution < 1.29 is 9.21 Å². The molecular weight excluding hydrogens is 240 g/mol. The van der Waals surface area contributed by atoms with Crippen molar-refractivity contribution in [1.29, 1.82) is 5.26 Å². The van der Waals surface area contributed by atoms with E-state index in [1.807, 2.05) is 31.2 Å². The maximum Gasteiger partial charge on any atom is 0.259 e. The first-order valence-electron chi connectivity index (χ1n) is 5.68. The standard InChI is InChI=1S/C15H12N2O2/c1-10-2-4-11(5-3-10)14-7-6-13(19-14)8-12(9-16)15(17)18/h2-8H,1H3,(H2,17,18)/b12-8+. The van der Waals surface area contributed by atoms with Gasteiger partial charge in [0.15, 0.2) is 0 Å². The topological polar surface area (TPSA) is 80.0 Å². The maximum atomic E-state index is 10.9. The van der Waals surface area contributed by atoms with E-state index in [0.29, 0.717) is 11.5 Å². The molecule has 2 rings (SSSR count). The second-order valence-corrected chi connectivity index (χ2v) is 4.10. The van der Waals surface area contributed by atoms with Gasteiger partial charge in [0.2, 0.25) is 0 Å². The summed E-state index contributed by atoms with van der Waals surface area (Å²) in [6, 6.07) is 13.1. The summed E-state index contributed by atoms with van der Waals surface area (Å²) in [6.07, 6.45) is 1.33. The van der Waals surface area contributed by atoms with Gasteiger partial charge in [0.05, 0.1) is 0 Å². The molecule has 0 radical (unpaired) electrons. The number of rotatable bonds is 3. The third-order valence-electron chi connectivity index (χ3n) is 2.64. The molecule has 19 heavy (non-hydrogen) atoms. The third-order valence-corrected chi connectivity index (χ3v) is 2.64. The van der Waals surface area contributed by atoms with Crippen molar-refractivity contribution in [2.45, 2.75) is 6.92 Å². The number of furan rings is 1. The van der Waals surface area contributed by atoms with Crippen LogP contribution in [0.3, 0.4) is 0 Å². The number of nitrogens with zero attached hydrogens (tertiary/aromatic N) is 1.